The molecule has 1 aromatic rings. The number of nitrogens with one attached hydrogen (secondary N) is 2. The number of benzene rings is 1. The maximum Gasteiger partial charge on any atom is 0.407 e. The first-order valence-electron chi connectivity index (χ1n) is 17.0. The van der Waals surface area contributed by atoms with E-state index < -0.39 is 35.2 Å². The van der Waals surface area contributed by atoms with Crippen LogP contribution in [0.1, 0.15) is 94.4 Å². The van der Waals surface area contributed by atoms with E-state index in [0.29, 0.717) is 18.2 Å². The molecule has 0 spiro atoms. The standard InChI is InChI=1S/C17H25NO.C16H29NO6.C6H6O/c1-3-18-17(19)12-8-7-9-15(2)13-14-16-10-5-4-6-11-16;1-10(2)8-11(12(18)19)22-13(20)16(6,7)9-17-14(21)23-15(3,4)5;7-6-4-2-1-3-5-6/h5,8,10-15H,3-4,6-7,9H2,1-2H3,(H,18,19);10-11H,8-9H2,1-7H3,(H,17,21)(H,18,19);1-5,7H/b12-8+,14-13+;;. The molecule has 0 radical (unpaired) electrons. The summed E-state index contributed by atoms with van der Waals surface area (Å²) in [5.74, 6) is -0.919. The number of amides is 2. The number of phenolic OH excluding ortho intramolecular Hbond substituents is 1. The second kappa shape index (κ2) is 23.9. The van der Waals surface area contributed by atoms with Gasteiger partial charge in [-0.25, -0.2) is 9.59 Å². The highest BCUT2D eigenvalue weighted by Crippen LogP contribution is 2.20. The van der Waals surface area contributed by atoms with Crippen molar-refractivity contribution < 1.29 is 38.9 Å². The predicted octanol–water partition coefficient (Wildman–Crippen LogP) is 7.90. The molecule has 0 bridgehead atoms. The van der Waals surface area contributed by atoms with E-state index in [2.05, 4.69) is 47.9 Å². The van der Waals surface area contributed by atoms with Crippen molar-refractivity contribution >= 4 is 23.9 Å². The first kappa shape index (κ1) is 44.7. The molecular formula is C39H60N2O8. The number of rotatable bonds is 14. The molecule has 274 valence electrons. The molecule has 0 fully saturated rings. The van der Waals surface area contributed by atoms with Crippen molar-refractivity contribution in [3.63, 3.8) is 0 Å². The molecule has 4 N–H and O–H groups in total. The number of carboxylic acid groups (broad SMARTS) is 1. The van der Waals surface area contributed by atoms with Crippen LogP contribution in [-0.2, 0) is 23.9 Å². The van der Waals surface area contributed by atoms with Crippen LogP contribution < -0.4 is 10.6 Å². The number of aliphatic carboxylic acids is 1. The van der Waals surface area contributed by atoms with Crippen LogP contribution in [0.15, 0.2) is 78.4 Å². The molecule has 1 aliphatic carbocycles. The van der Waals surface area contributed by atoms with Gasteiger partial charge >= 0.3 is 18.0 Å². The number of likely N-dealkylation sites (N-methyl/N-ethyl adjacent to an activating group) is 1. The molecule has 0 saturated heterocycles. The molecule has 0 saturated carbocycles. The van der Waals surface area contributed by atoms with Crippen molar-refractivity contribution in [2.45, 2.75) is 106 Å². The highest BCUT2D eigenvalue weighted by atomic mass is 16.6. The molecule has 2 unspecified atom stereocenters. The Kier molecular flexibility index (Phi) is 21.8. The average molecular weight is 685 g/mol. The van der Waals surface area contributed by atoms with Gasteiger partial charge in [-0.15, -0.1) is 0 Å². The molecule has 2 amide bonds. The van der Waals surface area contributed by atoms with Crippen molar-refractivity contribution in [3.05, 3.63) is 78.4 Å². The molecule has 0 aliphatic heterocycles. The Morgan fingerprint density at radius 1 is 0.980 bits per heavy atom. The fourth-order valence-electron chi connectivity index (χ4n) is 3.94. The number of phenols is 1. The number of aromatic hydroxyl groups is 1. The Bertz CT molecular complexity index is 1260. The van der Waals surface area contributed by atoms with E-state index in [1.54, 1.807) is 65.0 Å². The maximum absolute atomic E-state index is 12.2. The lowest BCUT2D eigenvalue weighted by atomic mass is 9.93. The largest absolute Gasteiger partial charge is 0.508 e. The quantitative estimate of drug-likeness (QED) is 0.114. The SMILES string of the molecule is CC(C)CC(OC(=O)C(C)(C)CNC(=O)OC(C)(C)C)C(=O)O.CCNC(=O)/C=C/CCC(C)/C=C/C1=CCCC=C1.Oc1ccccc1. The van der Waals surface area contributed by atoms with Gasteiger partial charge in [-0.3, -0.25) is 9.59 Å². The van der Waals surface area contributed by atoms with Gasteiger partial charge in [-0.2, -0.15) is 0 Å². The van der Waals surface area contributed by atoms with Crippen LogP contribution in [0.5, 0.6) is 5.75 Å². The number of esters is 1. The van der Waals surface area contributed by atoms with Gasteiger partial charge in [0, 0.05) is 13.1 Å². The summed E-state index contributed by atoms with van der Waals surface area (Å²) in [7, 11) is 0. The van der Waals surface area contributed by atoms with Gasteiger partial charge in [0.25, 0.3) is 0 Å². The lowest BCUT2D eigenvalue weighted by molar-refractivity contribution is -0.171. The highest BCUT2D eigenvalue weighted by molar-refractivity contribution is 5.87. The lowest BCUT2D eigenvalue weighted by Gasteiger charge is -2.26. The number of para-hydroxylation sites is 1. The third-order valence-electron chi connectivity index (χ3n) is 6.64. The zero-order chi connectivity index (χ0) is 37.5. The second-order valence-corrected chi connectivity index (χ2v) is 13.8. The van der Waals surface area contributed by atoms with Crippen molar-refractivity contribution in [2.75, 3.05) is 13.1 Å². The van der Waals surface area contributed by atoms with Crippen molar-refractivity contribution in [3.8, 4) is 5.75 Å². The zero-order valence-electron chi connectivity index (χ0n) is 31.0. The van der Waals surface area contributed by atoms with Crippen molar-refractivity contribution in [1.82, 2.24) is 10.6 Å². The Morgan fingerprint density at radius 2 is 1.63 bits per heavy atom. The van der Waals surface area contributed by atoms with Crippen LogP contribution in [0.25, 0.3) is 0 Å². The second-order valence-electron chi connectivity index (χ2n) is 13.8. The van der Waals surface area contributed by atoms with Crippen LogP contribution in [0.4, 0.5) is 4.79 Å². The van der Waals surface area contributed by atoms with Gasteiger partial charge < -0.3 is 30.3 Å². The van der Waals surface area contributed by atoms with E-state index in [9.17, 15) is 19.2 Å². The summed E-state index contributed by atoms with van der Waals surface area (Å²) >= 11 is 0. The monoisotopic (exact) mass is 684 g/mol. The van der Waals surface area contributed by atoms with E-state index in [1.165, 1.54) is 5.57 Å². The molecule has 2 rings (SSSR count). The fourth-order valence-corrected chi connectivity index (χ4v) is 3.94. The summed E-state index contributed by atoms with van der Waals surface area (Å²) in [5, 5.41) is 23.0. The van der Waals surface area contributed by atoms with E-state index in [4.69, 9.17) is 19.7 Å². The summed E-state index contributed by atoms with van der Waals surface area (Å²) in [4.78, 5) is 46.2. The molecule has 10 nitrogen and oxygen atoms in total. The Labute approximate surface area is 293 Å². The summed E-state index contributed by atoms with van der Waals surface area (Å²) in [6.45, 7) is 16.8. The van der Waals surface area contributed by atoms with Crippen molar-refractivity contribution in [2.24, 2.45) is 17.3 Å². The molecular weight excluding hydrogens is 624 g/mol. The molecule has 1 aliphatic rings. The maximum atomic E-state index is 12.2. The van der Waals surface area contributed by atoms with Gasteiger partial charge in [0.1, 0.15) is 11.4 Å². The van der Waals surface area contributed by atoms with Crippen LogP contribution in [0.3, 0.4) is 0 Å². The van der Waals surface area contributed by atoms with Gasteiger partial charge in [0.15, 0.2) is 6.10 Å². The number of allylic oxidation sites excluding steroid dienone is 7. The van der Waals surface area contributed by atoms with Gasteiger partial charge in [-0.05, 0) is 109 Å². The molecule has 0 aromatic heterocycles. The number of carboxylic acids is 1. The highest BCUT2D eigenvalue weighted by Gasteiger charge is 2.34. The van der Waals surface area contributed by atoms with E-state index >= 15 is 0 Å². The van der Waals surface area contributed by atoms with Gasteiger partial charge in [0.2, 0.25) is 5.91 Å². The third kappa shape index (κ3) is 24.5. The normalized spacial score (nSPS) is 14.0. The van der Waals surface area contributed by atoms with E-state index in [-0.39, 0.29) is 24.8 Å². The molecule has 0 heterocycles. The predicted molar refractivity (Wildman–Crippen MR) is 195 cm³/mol. The van der Waals surface area contributed by atoms with Crippen molar-refractivity contribution in [1.29, 1.82) is 0 Å². The summed E-state index contributed by atoms with van der Waals surface area (Å²) in [5.41, 5.74) is -0.391. The number of carbonyl (C=O) groups is 4. The molecule has 49 heavy (non-hydrogen) atoms. The van der Waals surface area contributed by atoms with Crippen LogP contribution in [-0.4, -0.2) is 58.9 Å². The minimum atomic E-state index is -1.19. The third-order valence-corrected chi connectivity index (χ3v) is 6.64. The van der Waals surface area contributed by atoms with Crippen LogP contribution >= 0.6 is 0 Å². The Balaban J connectivity index is 0.000000790. The van der Waals surface area contributed by atoms with Crippen LogP contribution in [0.2, 0.25) is 0 Å². The first-order chi connectivity index (χ1) is 22.9. The minimum absolute atomic E-state index is 0.00296. The minimum Gasteiger partial charge on any atom is -0.508 e. The summed E-state index contributed by atoms with van der Waals surface area (Å²) < 4.78 is 10.2. The number of carbonyl (C=O) groups excluding carboxylic acids is 3. The number of hydrogen-bond donors (Lipinski definition) is 4. The molecule has 1 aromatic carbocycles. The first-order valence-corrected chi connectivity index (χ1v) is 17.0. The van der Waals surface area contributed by atoms with Gasteiger partial charge in [-0.1, -0.05) is 75.4 Å². The zero-order valence-corrected chi connectivity index (χ0v) is 31.0. The number of alkyl carbamates (subject to hydrolysis) is 1. The van der Waals surface area contributed by atoms with Gasteiger partial charge in [0.05, 0.1) is 5.41 Å². The van der Waals surface area contributed by atoms with E-state index in [0.717, 1.165) is 25.7 Å². The Hall–Kier alpha value is -4.34. The number of ether oxygens (including phenoxy) is 2. The average Bonchev–Trinajstić information content (AvgIpc) is 3.01. The summed E-state index contributed by atoms with van der Waals surface area (Å²) in [6, 6.07) is 8.71. The molecule has 2 atom stereocenters. The Morgan fingerprint density at radius 3 is 2.12 bits per heavy atom. The number of hydrogen-bond acceptors (Lipinski definition) is 7. The lowest BCUT2D eigenvalue weighted by Crippen LogP contribution is -2.43. The van der Waals surface area contributed by atoms with Crippen LogP contribution in [0, 0.1) is 17.3 Å². The smallest absolute Gasteiger partial charge is 0.407 e. The fraction of sp³-hybridized carbons (Fsp3) is 0.538. The molecule has 10 heteroatoms. The topological polar surface area (TPSA) is 151 Å². The van der Waals surface area contributed by atoms with E-state index in [1.807, 2.05) is 32.9 Å². The summed E-state index contributed by atoms with van der Waals surface area (Å²) in [6.07, 6.45) is 17.4.